The van der Waals surface area contributed by atoms with Gasteiger partial charge >= 0.3 is 0 Å². The van der Waals surface area contributed by atoms with E-state index in [0.29, 0.717) is 11.8 Å². The number of benzene rings is 1. The Balaban J connectivity index is 2.00. The molecule has 1 aromatic carbocycles. The van der Waals surface area contributed by atoms with Gasteiger partial charge in [0.2, 0.25) is 5.91 Å². The van der Waals surface area contributed by atoms with Gasteiger partial charge in [0.05, 0.1) is 6.04 Å². The average Bonchev–Trinajstić information content (AvgIpc) is 2.39. The summed E-state index contributed by atoms with van der Waals surface area (Å²) in [6.07, 6.45) is 1.27. The molecule has 3 unspecified atom stereocenters. The van der Waals surface area contributed by atoms with Crippen LogP contribution >= 0.6 is 0 Å². The van der Waals surface area contributed by atoms with Crippen LogP contribution in [0.2, 0.25) is 0 Å². The summed E-state index contributed by atoms with van der Waals surface area (Å²) in [5.41, 5.74) is 2.02. The van der Waals surface area contributed by atoms with Crippen molar-refractivity contribution in [2.24, 2.45) is 11.8 Å². The van der Waals surface area contributed by atoms with Crippen LogP contribution in [0.4, 0.5) is 5.69 Å². The lowest BCUT2D eigenvalue weighted by molar-refractivity contribution is -0.121. The fourth-order valence-corrected chi connectivity index (χ4v) is 3.14. The molecule has 0 radical (unpaired) electrons. The highest BCUT2D eigenvalue weighted by Crippen LogP contribution is 2.23. The van der Waals surface area contributed by atoms with Crippen LogP contribution in [0.5, 0.6) is 0 Å². The van der Waals surface area contributed by atoms with E-state index in [1.165, 1.54) is 6.42 Å². The van der Waals surface area contributed by atoms with E-state index < -0.39 is 0 Å². The number of hydrogen-bond donors (Lipinski definition) is 1. The Hall–Kier alpha value is -1.35. The molecule has 1 aliphatic rings. The summed E-state index contributed by atoms with van der Waals surface area (Å²) < 4.78 is 0. The maximum absolute atomic E-state index is 12.4. The smallest absolute Gasteiger partial charge is 0.241 e. The number of nitrogens with zero attached hydrogens (tertiary/aromatic N) is 1. The molecule has 0 bridgehead atoms. The summed E-state index contributed by atoms with van der Waals surface area (Å²) in [5.74, 6) is 1.44. The number of piperidine rings is 1. The fraction of sp³-hybridized carbons (Fsp3) is 0.588. The molecule has 0 aliphatic carbocycles. The third-order valence-corrected chi connectivity index (χ3v) is 4.23. The topological polar surface area (TPSA) is 32.3 Å². The van der Waals surface area contributed by atoms with Crippen molar-refractivity contribution in [3.05, 3.63) is 29.8 Å². The second-order valence-electron chi connectivity index (χ2n) is 6.38. The Morgan fingerprint density at radius 3 is 2.45 bits per heavy atom. The lowest BCUT2D eigenvalue weighted by Gasteiger charge is -2.38. The molecule has 1 aliphatic heterocycles. The van der Waals surface area contributed by atoms with Crippen LogP contribution in [0.25, 0.3) is 0 Å². The van der Waals surface area contributed by atoms with Crippen LogP contribution < -0.4 is 5.32 Å². The molecule has 110 valence electrons. The zero-order valence-corrected chi connectivity index (χ0v) is 13.0. The third-order valence-electron chi connectivity index (χ3n) is 4.23. The number of nitrogens with one attached hydrogen (secondary N) is 1. The zero-order chi connectivity index (χ0) is 14.7. The van der Waals surface area contributed by atoms with Gasteiger partial charge in [0.1, 0.15) is 0 Å². The molecule has 0 aromatic heterocycles. The van der Waals surface area contributed by atoms with E-state index in [0.717, 1.165) is 24.3 Å². The Bertz CT molecular complexity index is 462. The molecule has 1 fully saturated rings. The van der Waals surface area contributed by atoms with Gasteiger partial charge in [-0.2, -0.15) is 0 Å². The number of para-hydroxylation sites is 1. The minimum atomic E-state index is -0.0696. The summed E-state index contributed by atoms with van der Waals surface area (Å²) in [6, 6.07) is 7.85. The molecule has 1 N–H and O–H groups in total. The molecule has 1 amide bonds. The summed E-state index contributed by atoms with van der Waals surface area (Å²) in [6.45, 7) is 10.6. The standard InChI is InChI=1S/C17H26N2O/c1-12-9-13(2)11-19(10-12)15(4)17(20)18-16-8-6-5-7-14(16)3/h5-8,12-13,15H,9-11H2,1-4H3,(H,18,20). The van der Waals surface area contributed by atoms with Crippen LogP contribution in [-0.2, 0) is 4.79 Å². The summed E-state index contributed by atoms with van der Waals surface area (Å²) in [5, 5.41) is 3.06. The van der Waals surface area contributed by atoms with Crippen molar-refractivity contribution >= 4 is 11.6 Å². The molecule has 20 heavy (non-hydrogen) atoms. The van der Waals surface area contributed by atoms with E-state index in [1.807, 2.05) is 38.1 Å². The van der Waals surface area contributed by atoms with Crippen LogP contribution in [0.3, 0.4) is 0 Å². The monoisotopic (exact) mass is 274 g/mol. The normalized spacial score (nSPS) is 25.2. The van der Waals surface area contributed by atoms with Gasteiger partial charge in [0, 0.05) is 18.8 Å². The highest BCUT2D eigenvalue weighted by molar-refractivity contribution is 5.95. The van der Waals surface area contributed by atoms with Crippen LogP contribution in [-0.4, -0.2) is 29.9 Å². The summed E-state index contributed by atoms with van der Waals surface area (Å²) in [4.78, 5) is 14.7. The van der Waals surface area contributed by atoms with E-state index in [-0.39, 0.29) is 11.9 Å². The number of carbonyl (C=O) groups is 1. The lowest BCUT2D eigenvalue weighted by Crippen LogP contribution is -2.48. The summed E-state index contributed by atoms with van der Waals surface area (Å²) >= 11 is 0. The lowest BCUT2D eigenvalue weighted by atomic mass is 9.91. The minimum Gasteiger partial charge on any atom is -0.324 e. The Kier molecular flexibility index (Phi) is 4.81. The number of rotatable bonds is 3. The van der Waals surface area contributed by atoms with Crippen LogP contribution in [0.15, 0.2) is 24.3 Å². The number of amides is 1. The molecule has 3 nitrogen and oxygen atoms in total. The molecular formula is C17H26N2O. The average molecular weight is 274 g/mol. The van der Waals surface area contributed by atoms with Gasteiger partial charge in [0.15, 0.2) is 0 Å². The minimum absolute atomic E-state index is 0.0696. The predicted molar refractivity (Wildman–Crippen MR) is 83.8 cm³/mol. The number of anilines is 1. The quantitative estimate of drug-likeness (QED) is 0.917. The first-order chi connectivity index (χ1) is 9.47. The maximum Gasteiger partial charge on any atom is 0.241 e. The first kappa shape index (κ1) is 15.0. The van der Waals surface area contributed by atoms with E-state index in [4.69, 9.17) is 0 Å². The first-order valence-electron chi connectivity index (χ1n) is 7.58. The van der Waals surface area contributed by atoms with Gasteiger partial charge < -0.3 is 5.32 Å². The molecule has 0 saturated carbocycles. The second kappa shape index (κ2) is 6.40. The van der Waals surface area contributed by atoms with Crippen molar-refractivity contribution in [1.29, 1.82) is 0 Å². The van der Waals surface area contributed by atoms with Crippen molar-refractivity contribution in [1.82, 2.24) is 4.90 Å². The highest BCUT2D eigenvalue weighted by Gasteiger charge is 2.28. The van der Waals surface area contributed by atoms with Crippen molar-refractivity contribution < 1.29 is 4.79 Å². The fourth-order valence-electron chi connectivity index (χ4n) is 3.14. The molecule has 3 heteroatoms. The second-order valence-corrected chi connectivity index (χ2v) is 6.38. The number of likely N-dealkylation sites (tertiary alicyclic amines) is 1. The first-order valence-corrected chi connectivity index (χ1v) is 7.58. The molecule has 2 rings (SSSR count). The Labute approximate surface area is 122 Å². The van der Waals surface area contributed by atoms with E-state index >= 15 is 0 Å². The zero-order valence-electron chi connectivity index (χ0n) is 13.0. The third kappa shape index (κ3) is 3.60. The van der Waals surface area contributed by atoms with Crippen LogP contribution in [0.1, 0.15) is 32.8 Å². The van der Waals surface area contributed by atoms with Gasteiger partial charge in [-0.25, -0.2) is 0 Å². The largest absolute Gasteiger partial charge is 0.324 e. The van der Waals surface area contributed by atoms with E-state index in [9.17, 15) is 4.79 Å². The predicted octanol–water partition coefficient (Wildman–Crippen LogP) is 3.30. The van der Waals surface area contributed by atoms with Gasteiger partial charge in [0.25, 0.3) is 0 Å². The molecule has 1 aromatic rings. The molecule has 0 spiro atoms. The number of hydrogen-bond acceptors (Lipinski definition) is 2. The van der Waals surface area contributed by atoms with Crippen molar-refractivity contribution in [2.45, 2.75) is 40.2 Å². The highest BCUT2D eigenvalue weighted by atomic mass is 16.2. The van der Waals surface area contributed by atoms with Gasteiger partial charge in [-0.3, -0.25) is 9.69 Å². The van der Waals surface area contributed by atoms with Gasteiger partial charge in [-0.15, -0.1) is 0 Å². The Morgan fingerprint density at radius 1 is 1.25 bits per heavy atom. The molecule has 3 atom stereocenters. The molecule has 1 heterocycles. The van der Waals surface area contributed by atoms with Gasteiger partial charge in [-0.05, 0) is 43.7 Å². The SMILES string of the molecule is Cc1ccccc1NC(=O)C(C)N1CC(C)CC(C)C1. The summed E-state index contributed by atoms with van der Waals surface area (Å²) in [7, 11) is 0. The van der Waals surface area contributed by atoms with Gasteiger partial charge in [-0.1, -0.05) is 32.0 Å². The van der Waals surface area contributed by atoms with E-state index in [1.54, 1.807) is 0 Å². The van der Waals surface area contributed by atoms with E-state index in [2.05, 4.69) is 24.1 Å². The Morgan fingerprint density at radius 2 is 1.85 bits per heavy atom. The van der Waals surface area contributed by atoms with Crippen molar-refractivity contribution in [2.75, 3.05) is 18.4 Å². The molecule has 1 saturated heterocycles. The molecular weight excluding hydrogens is 248 g/mol. The van der Waals surface area contributed by atoms with Crippen LogP contribution in [0, 0.1) is 18.8 Å². The van der Waals surface area contributed by atoms with Crippen molar-refractivity contribution in [3.8, 4) is 0 Å². The van der Waals surface area contributed by atoms with Crippen molar-refractivity contribution in [3.63, 3.8) is 0 Å². The number of carbonyl (C=O) groups excluding carboxylic acids is 1. The number of aryl methyl sites for hydroxylation is 1. The maximum atomic E-state index is 12.4.